The smallest absolute Gasteiger partial charge is 0.254 e. The average molecular weight is 373 g/mol. The van der Waals surface area contributed by atoms with Crippen LogP contribution in [0.5, 0.6) is 0 Å². The molecule has 7 heteroatoms. The Morgan fingerprint density at radius 2 is 1.89 bits per heavy atom. The molecule has 7 nitrogen and oxygen atoms in total. The van der Waals surface area contributed by atoms with Gasteiger partial charge in [-0.3, -0.25) is 4.79 Å². The van der Waals surface area contributed by atoms with Crippen LogP contribution in [0.4, 0.5) is 0 Å². The first-order chi connectivity index (χ1) is 13.7. The number of imidazole rings is 1. The highest BCUT2D eigenvalue weighted by molar-refractivity contribution is 5.94. The van der Waals surface area contributed by atoms with Crippen LogP contribution in [0, 0.1) is 0 Å². The molecule has 2 aromatic heterocycles. The average Bonchev–Trinajstić information content (AvgIpc) is 3.41. The molecule has 0 aliphatic rings. The molecule has 0 fully saturated rings. The molecule has 0 radical (unpaired) electrons. The van der Waals surface area contributed by atoms with Crippen LogP contribution >= 0.6 is 0 Å². The molecule has 4 rings (SSSR count). The third-order valence-corrected chi connectivity index (χ3v) is 4.34. The molecule has 0 aliphatic carbocycles. The SMILES string of the molecule is CN(Cc1nc(-c2ccccc2)no1)C(=O)c1ccc(Cn2ccnc2)cc1. The first kappa shape index (κ1) is 17.7. The molecule has 0 bridgehead atoms. The topological polar surface area (TPSA) is 77.0 Å². The van der Waals surface area contributed by atoms with E-state index in [4.69, 9.17) is 4.52 Å². The quantitative estimate of drug-likeness (QED) is 0.518. The summed E-state index contributed by atoms with van der Waals surface area (Å²) in [5.41, 5.74) is 2.58. The van der Waals surface area contributed by atoms with E-state index in [-0.39, 0.29) is 12.5 Å². The zero-order valence-electron chi connectivity index (χ0n) is 15.4. The number of amides is 1. The number of aromatic nitrogens is 4. The molecule has 140 valence electrons. The lowest BCUT2D eigenvalue weighted by Gasteiger charge is -2.15. The normalized spacial score (nSPS) is 10.8. The number of carbonyl (C=O) groups is 1. The monoisotopic (exact) mass is 373 g/mol. The molecule has 0 saturated carbocycles. The molecule has 0 atom stereocenters. The van der Waals surface area contributed by atoms with Gasteiger partial charge >= 0.3 is 0 Å². The predicted molar refractivity (Wildman–Crippen MR) is 103 cm³/mol. The number of hydrogen-bond acceptors (Lipinski definition) is 5. The van der Waals surface area contributed by atoms with E-state index < -0.39 is 0 Å². The van der Waals surface area contributed by atoms with E-state index in [2.05, 4.69) is 15.1 Å². The molecule has 0 N–H and O–H groups in total. The summed E-state index contributed by atoms with van der Waals surface area (Å²) in [7, 11) is 1.72. The van der Waals surface area contributed by atoms with Gasteiger partial charge in [0.15, 0.2) is 0 Å². The highest BCUT2D eigenvalue weighted by atomic mass is 16.5. The lowest BCUT2D eigenvalue weighted by Crippen LogP contribution is -2.26. The van der Waals surface area contributed by atoms with E-state index >= 15 is 0 Å². The van der Waals surface area contributed by atoms with Gasteiger partial charge in [0.2, 0.25) is 11.7 Å². The fourth-order valence-electron chi connectivity index (χ4n) is 2.86. The first-order valence-electron chi connectivity index (χ1n) is 8.87. The second kappa shape index (κ2) is 7.87. The van der Waals surface area contributed by atoms with Gasteiger partial charge in [-0.15, -0.1) is 0 Å². The van der Waals surface area contributed by atoms with Crippen LogP contribution in [-0.2, 0) is 13.1 Å². The van der Waals surface area contributed by atoms with Crippen LogP contribution in [0.1, 0.15) is 21.8 Å². The molecule has 0 aliphatic heterocycles. The number of rotatable bonds is 6. The molecular formula is C21H19N5O2. The summed E-state index contributed by atoms with van der Waals surface area (Å²) in [6, 6.07) is 17.1. The molecule has 2 heterocycles. The minimum atomic E-state index is -0.103. The van der Waals surface area contributed by atoms with E-state index in [9.17, 15) is 4.79 Å². The van der Waals surface area contributed by atoms with Crippen molar-refractivity contribution in [1.82, 2.24) is 24.6 Å². The Morgan fingerprint density at radius 3 is 2.61 bits per heavy atom. The van der Waals surface area contributed by atoms with Crippen molar-refractivity contribution >= 4 is 5.91 Å². The second-order valence-electron chi connectivity index (χ2n) is 6.47. The molecule has 2 aromatic carbocycles. The number of hydrogen-bond donors (Lipinski definition) is 0. The Morgan fingerprint density at radius 1 is 1.11 bits per heavy atom. The van der Waals surface area contributed by atoms with Crippen molar-refractivity contribution in [3.8, 4) is 11.4 Å². The summed E-state index contributed by atoms with van der Waals surface area (Å²) in [4.78, 5) is 22.6. The maximum absolute atomic E-state index is 12.7. The minimum absolute atomic E-state index is 0.103. The first-order valence-corrected chi connectivity index (χ1v) is 8.87. The maximum atomic E-state index is 12.7. The number of benzene rings is 2. The molecular weight excluding hydrogens is 354 g/mol. The summed E-state index contributed by atoms with van der Waals surface area (Å²) in [5.74, 6) is 0.806. The fourth-order valence-corrected chi connectivity index (χ4v) is 2.86. The van der Waals surface area contributed by atoms with Crippen molar-refractivity contribution in [2.24, 2.45) is 0 Å². The summed E-state index contributed by atoms with van der Waals surface area (Å²) in [5, 5.41) is 3.99. The summed E-state index contributed by atoms with van der Waals surface area (Å²) >= 11 is 0. The predicted octanol–water partition coefficient (Wildman–Crippen LogP) is 3.25. The van der Waals surface area contributed by atoms with Crippen LogP contribution in [0.3, 0.4) is 0 Å². The maximum Gasteiger partial charge on any atom is 0.254 e. The second-order valence-corrected chi connectivity index (χ2v) is 6.47. The number of carbonyl (C=O) groups excluding carboxylic acids is 1. The zero-order chi connectivity index (χ0) is 19.3. The van der Waals surface area contributed by atoms with Gasteiger partial charge < -0.3 is 14.0 Å². The van der Waals surface area contributed by atoms with E-state index in [0.29, 0.717) is 23.8 Å². The zero-order valence-corrected chi connectivity index (χ0v) is 15.4. The highest BCUT2D eigenvalue weighted by Crippen LogP contribution is 2.16. The van der Waals surface area contributed by atoms with Crippen molar-refractivity contribution in [3.63, 3.8) is 0 Å². The van der Waals surface area contributed by atoms with Gasteiger partial charge in [-0.05, 0) is 17.7 Å². The third-order valence-electron chi connectivity index (χ3n) is 4.34. The Hall–Kier alpha value is -3.74. The molecule has 28 heavy (non-hydrogen) atoms. The van der Waals surface area contributed by atoms with E-state index in [0.717, 1.165) is 11.1 Å². The number of nitrogens with zero attached hydrogens (tertiary/aromatic N) is 5. The van der Waals surface area contributed by atoms with E-state index in [1.807, 2.05) is 65.4 Å². The largest absolute Gasteiger partial charge is 0.337 e. The Labute approximate surface area is 162 Å². The van der Waals surface area contributed by atoms with Gasteiger partial charge in [-0.1, -0.05) is 47.6 Å². The van der Waals surface area contributed by atoms with Crippen molar-refractivity contribution in [3.05, 3.63) is 90.3 Å². The van der Waals surface area contributed by atoms with Crippen LogP contribution < -0.4 is 0 Å². The highest BCUT2D eigenvalue weighted by Gasteiger charge is 2.16. The molecule has 0 saturated heterocycles. The van der Waals surface area contributed by atoms with Crippen molar-refractivity contribution in [1.29, 1.82) is 0 Å². The summed E-state index contributed by atoms with van der Waals surface area (Å²) in [6.45, 7) is 0.962. The lowest BCUT2D eigenvalue weighted by molar-refractivity contribution is 0.0769. The van der Waals surface area contributed by atoms with Crippen LogP contribution in [-0.4, -0.2) is 37.5 Å². The van der Waals surface area contributed by atoms with Gasteiger partial charge in [-0.25, -0.2) is 4.98 Å². The Kier molecular flexibility index (Phi) is 4.97. The van der Waals surface area contributed by atoms with Gasteiger partial charge in [0.05, 0.1) is 12.9 Å². The Bertz CT molecular complexity index is 1040. The van der Waals surface area contributed by atoms with E-state index in [1.54, 1.807) is 24.5 Å². The van der Waals surface area contributed by atoms with Crippen molar-refractivity contribution < 1.29 is 9.32 Å². The van der Waals surface area contributed by atoms with Crippen LogP contribution in [0.25, 0.3) is 11.4 Å². The lowest BCUT2D eigenvalue weighted by atomic mass is 10.1. The van der Waals surface area contributed by atoms with Gasteiger partial charge in [0.25, 0.3) is 5.91 Å². The van der Waals surface area contributed by atoms with Crippen LogP contribution in [0.15, 0.2) is 77.8 Å². The van der Waals surface area contributed by atoms with Gasteiger partial charge in [0, 0.05) is 37.1 Å². The Balaban J connectivity index is 1.40. The summed E-state index contributed by atoms with van der Waals surface area (Å²) < 4.78 is 7.26. The van der Waals surface area contributed by atoms with E-state index in [1.165, 1.54) is 0 Å². The molecule has 4 aromatic rings. The fraction of sp³-hybridized carbons (Fsp3) is 0.143. The standard InChI is InChI=1S/C21H19N5O2/c1-25(14-19-23-20(24-28-19)17-5-3-2-4-6-17)21(27)18-9-7-16(8-10-18)13-26-12-11-22-15-26/h2-12,15H,13-14H2,1H3. The van der Waals surface area contributed by atoms with Gasteiger partial charge in [-0.2, -0.15) is 4.98 Å². The molecule has 0 spiro atoms. The van der Waals surface area contributed by atoms with Crippen molar-refractivity contribution in [2.75, 3.05) is 7.05 Å². The molecule has 1 amide bonds. The summed E-state index contributed by atoms with van der Waals surface area (Å²) in [6.07, 6.45) is 5.41. The minimum Gasteiger partial charge on any atom is -0.337 e. The third kappa shape index (κ3) is 3.98. The van der Waals surface area contributed by atoms with Crippen LogP contribution in [0.2, 0.25) is 0 Å². The van der Waals surface area contributed by atoms with Crippen molar-refractivity contribution in [2.45, 2.75) is 13.1 Å². The van der Waals surface area contributed by atoms with Gasteiger partial charge in [0.1, 0.15) is 0 Å². The molecule has 0 unspecified atom stereocenters.